The lowest BCUT2D eigenvalue weighted by atomic mass is 10.0. The van der Waals surface area contributed by atoms with Gasteiger partial charge in [0.25, 0.3) is 0 Å². The third-order valence-corrected chi connectivity index (χ3v) is 5.75. The second-order valence-electron chi connectivity index (χ2n) is 7.93. The van der Waals surface area contributed by atoms with Gasteiger partial charge in [-0.1, -0.05) is 48.5 Å². The number of amides is 2. The van der Waals surface area contributed by atoms with Crippen molar-refractivity contribution in [1.29, 1.82) is 0 Å². The molecule has 8 nitrogen and oxygen atoms in total. The number of hydrogen-bond donors (Lipinski definition) is 2. The predicted molar refractivity (Wildman–Crippen MR) is 120 cm³/mol. The van der Waals surface area contributed by atoms with Gasteiger partial charge in [0.05, 0.1) is 19.1 Å². The standard InChI is InChI=1S/C24H27N5O3/c1-16(30)25-20-15-29(22(31)13-12-17-8-6-7-11-21(17)32-2)14-19(20)24-26-23(27-28-24)18-9-4-3-5-10-18/h3-11,19-20H,12-15H2,1-2H3,(H,25,30)(H,26,27,28)/t19-,20-/m1/s1. The van der Waals surface area contributed by atoms with Crippen LogP contribution in [0.4, 0.5) is 0 Å². The van der Waals surface area contributed by atoms with Gasteiger partial charge in [-0.05, 0) is 18.1 Å². The molecule has 32 heavy (non-hydrogen) atoms. The number of nitrogens with one attached hydrogen (secondary N) is 2. The molecule has 1 fully saturated rings. The van der Waals surface area contributed by atoms with E-state index in [0.717, 1.165) is 16.9 Å². The fraction of sp³-hybridized carbons (Fsp3) is 0.333. The van der Waals surface area contributed by atoms with E-state index in [0.29, 0.717) is 37.6 Å². The molecule has 3 aromatic rings. The molecule has 0 aliphatic carbocycles. The number of hydrogen-bond acceptors (Lipinski definition) is 5. The molecular weight excluding hydrogens is 406 g/mol. The van der Waals surface area contributed by atoms with Crippen LogP contribution in [0.3, 0.4) is 0 Å². The minimum absolute atomic E-state index is 0.0385. The molecule has 166 valence electrons. The Morgan fingerprint density at radius 2 is 1.88 bits per heavy atom. The van der Waals surface area contributed by atoms with E-state index in [1.54, 1.807) is 12.0 Å². The van der Waals surface area contributed by atoms with Crippen LogP contribution in [0.5, 0.6) is 5.75 Å². The maximum Gasteiger partial charge on any atom is 0.222 e. The zero-order valence-electron chi connectivity index (χ0n) is 18.2. The molecule has 2 N–H and O–H groups in total. The van der Waals surface area contributed by atoms with E-state index in [9.17, 15) is 9.59 Å². The fourth-order valence-corrected chi connectivity index (χ4v) is 4.16. The smallest absolute Gasteiger partial charge is 0.222 e. The molecule has 0 radical (unpaired) electrons. The van der Waals surface area contributed by atoms with Crippen molar-refractivity contribution in [3.8, 4) is 17.1 Å². The molecule has 1 aliphatic rings. The first kappa shape index (κ1) is 21.5. The molecule has 0 saturated carbocycles. The quantitative estimate of drug-likeness (QED) is 0.596. The van der Waals surface area contributed by atoms with Gasteiger partial charge in [0.2, 0.25) is 11.8 Å². The van der Waals surface area contributed by atoms with E-state index in [-0.39, 0.29) is 23.8 Å². The number of carbonyl (C=O) groups excluding carboxylic acids is 2. The van der Waals surface area contributed by atoms with Crippen molar-refractivity contribution in [2.75, 3.05) is 20.2 Å². The number of ether oxygens (including phenoxy) is 1. The first-order valence-electron chi connectivity index (χ1n) is 10.7. The second kappa shape index (κ2) is 9.64. The number of nitrogens with zero attached hydrogens (tertiary/aromatic N) is 3. The largest absolute Gasteiger partial charge is 0.496 e. The van der Waals surface area contributed by atoms with Gasteiger partial charge in [-0.25, -0.2) is 4.98 Å². The lowest BCUT2D eigenvalue weighted by molar-refractivity contribution is -0.130. The van der Waals surface area contributed by atoms with E-state index in [1.807, 2.05) is 54.6 Å². The highest BCUT2D eigenvalue weighted by molar-refractivity contribution is 5.78. The molecule has 8 heteroatoms. The summed E-state index contributed by atoms with van der Waals surface area (Å²) < 4.78 is 5.39. The van der Waals surface area contributed by atoms with Gasteiger partial charge in [0.15, 0.2) is 5.82 Å². The lowest BCUT2D eigenvalue weighted by Crippen LogP contribution is -2.39. The number of H-pyrrole nitrogens is 1. The molecule has 1 aromatic heterocycles. The zero-order chi connectivity index (χ0) is 22.5. The normalized spacial score (nSPS) is 17.9. The minimum Gasteiger partial charge on any atom is -0.496 e. The Morgan fingerprint density at radius 3 is 2.62 bits per heavy atom. The number of aromatic nitrogens is 3. The Hall–Kier alpha value is -3.68. The van der Waals surface area contributed by atoms with Crippen molar-refractivity contribution < 1.29 is 14.3 Å². The van der Waals surface area contributed by atoms with Crippen molar-refractivity contribution in [3.63, 3.8) is 0 Å². The van der Waals surface area contributed by atoms with Gasteiger partial charge in [0.1, 0.15) is 11.6 Å². The SMILES string of the molecule is COc1ccccc1CCC(=O)N1C[C@@H](NC(C)=O)[C@H](c2nc(-c3ccccc3)n[nH]2)C1. The third kappa shape index (κ3) is 4.80. The number of benzene rings is 2. The monoisotopic (exact) mass is 433 g/mol. The molecule has 2 amide bonds. The summed E-state index contributed by atoms with van der Waals surface area (Å²) in [6.45, 7) is 2.40. The van der Waals surface area contributed by atoms with E-state index in [2.05, 4.69) is 20.5 Å². The van der Waals surface area contributed by atoms with Crippen LogP contribution in [-0.2, 0) is 16.0 Å². The first-order valence-corrected chi connectivity index (χ1v) is 10.7. The van der Waals surface area contributed by atoms with Crippen LogP contribution in [-0.4, -0.2) is 58.1 Å². The summed E-state index contributed by atoms with van der Waals surface area (Å²) in [5.41, 5.74) is 1.91. The number of likely N-dealkylation sites (tertiary alicyclic amines) is 1. The first-order chi connectivity index (χ1) is 15.5. The fourth-order valence-electron chi connectivity index (χ4n) is 4.16. The highest BCUT2D eigenvalue weighted by atomic mass is 16.5. The van der Waals surface area contributed by atoms with E-state index < -0.39 is 0 Å². The summed E-state index contributed by atoms with van der Waals surface area (Å²) >= 11 is 0. The maximum absolute atomic E-state index is 13.0. The number of rotatable bonds is 7. The predicted octanol–water partition coefficient (Wildman–Crippen LogP) is 2.54. The van der Waals surface area contributed by atoms with Crippen LogP contribution >= 0.6 is 0 Å². The average Bonchev–Trinajstić information content (AvgIpc) is 3.45. The molecule has 1 aliphatic heterocycles. The topological polar surface area (TPSA) is 100 Å². The van der Waals surface area contributed by atoms with Crippen molar-refractivity contribution in [2.45, 2.75) is 31.7 Å². The number of methoxy groups -OCH3 is 1. The van der Waals surface area contributed by atoms with Crippen LogP contribution in [0.25, 0.3) is 11.4 Å². The van der Waals surface area contributed by atoms with E-state index in [1.165, 1.54) is 6.92 Å². The second-order valence-corrected chi connectivity index (χ2v) is 7.93. The summed E-state index contributed by atoms with van der Waals surface area (Å²) in [6.07, 6.45) is 0.959. The summed E-state index contributed by atoms with van der Waals surface area (Å²) in [5.74, 6) is 1.80. The van der Waals surface area contributed by atoms with Gasteiger partial charge in [-0.3, -0.25) is 14.7 Å². The van der Waals surface area contributed by atoms with Gasteiger partial charge in [-0.2, -0.15) is 5.10 Å². The molecule has 0 spiro atoms. The van der Waals surface area contributed by atoms with Crippen molar-refractivity contribution in [3.05, 3.63) is 66.0 Å². The highest BCUT2D eigenvalue weighted by Gasteiger charge is 2.38. The van der Waals surface area contributed by atoms with Crippen LogP contribution in [0.2, 0.25) is 0 Å². The number of para-hydroxylation sites is 1. The van der Waals surface area contributed by atoms with Gasteiger partial charge in [0, 0.05) is 32.0 Å². The molecule has 1 saturated heterocycles. The third-order valence-electron chi connectivity index (χ3n) is 5.75. The molecule has 2 atom stereocenters. The number of aryl methyl sites for hydroxylation is 1. The summed E-state index contributed by atoms with van der Waals surface area (Å²) in [4.78, 5) is 31.2. The van der Waals surface area contributed by atoms with Gasteiger partial charge >= 0.3 is 0 Å². The molecule has 2 aromatic carbocycles. The number of carbonyl (C=O) groups is 2. The Balaban J connectivity index is 1.47. The van der Waals surface area contributed by atoms with Crippen molar-refractivity contribution in [1.82, 2.24) is 25.4 Å². The van der Waals surface area contributed by atoms with Gasteiger partial charge in [-0.15, -0.1) is 0 Å². The Bertz CT molecular complexity index is 1080. The highest BCUT2D eigenvalue weighted by Crippen LogP contribution is 2.28. The summed E-state index contributed by atoms with van der Waals surface area (Å²) in [5, 5.41) is 10.3. The van der Waals surface area contributed by atoms with E-state index in [4.69, 9.17) is 4.74 Å². The van der Waals surface area contributed by atoms with Crippen LogP contribution < -0.4 is 10.1 Å². The molecular formula is C24H27N5O3. The summed E-state index contributed by atoms with van der Waals surface area (Å²) in [7, 11) is 1.63. The molecule has 4 rings (SSSR count). The van der Waals surface area contributed by atoms with Crippen molar-refractivity contribution >= 4 is 11.8 Å². The lowest BCUT2D eigenvalue weighted by Gasteiger charge is -2.17. The minimum atomic E-state index is -0.223. The van der Waals surface area contributed by atoms with Gasteiger partial charge < -0.3 is 15.0 Å². The Kier molecular flexibility index (Phi) is 6.49. The molecule has 0 unspecified atom stereocenters. The maximum atomic E-state index is 13.0. The summed E-state index contributed by atoms with van der Waals surface area (Å²) in [6, 6.07) is 17.2. The van der Waals surface area contributed by atoms with Crippen molar-refractivity contribution in [2.24, 2.45) is 0 Å². The average molecular weight is 434 g/mol. The molecule has 0 bridgehead atoms. The Labute approximate surface area is 187 Å². The zero-order valence-corrected chi connectivity index (χ0v) is 18.2. The van der Waals surface area contributed by atoms with Crippen LogP contribution in [0.1, 0.15) is 30.7 Å². The Morgan fingerprint density at radius 1 is 1.12 bits per heavy atom. The van der Waals surface area contributed by atoms with Crippen LogP contribution in [0, 0.1) is 0 Å². The number of aromatic amines is 1. The molecule has 2 heterocycles. The van der Waals surface area contributed by atoms with E-state index >= 15 is 0 Å². The van der Waals surface area contributed by atoms with Crippen LogP contribution in [0.15, 0.2) is 54.6 Å².